The zero-order chi connectivity index (χ0) is 14.0. The number of rotatable bonds is 2. The number of nitriles is 1. The first-order valence-electron chi connectivity index (χ1n) is 5.75. The normalized spacial score (nSPS) is 10.5. The Morgan fingerprint density at radius 2 is 1.95 bits per heavy atom. The summed E-state index contributed by atoms with van der Waals surface area (Å²) < 4.78 is 13.4. The zero-order valence-corrected chi connectivity index (χ0v) is 11.2. The van der Waals surface area contributed by atoms with Gasteiger partial charge in [0.15, 0.2) is 0 Å². The highest BCUT2D eigenvalue weighted by atomic mass is 35.5. The Balaban J connectivity index is 2.59. The van der Waals surface area contributed by atoms with Crippen LogP contribution in [0.3, 0.4) is 0 Å². The molecule has 0 saturated carbocycles. The molecule has 0 aliphatic heterocycles. The number of hydrogen-bond acceptors (Lipinski definition) is 3. The van der Waals surface area contributed by atoms with E-state index in [9.17, 15) is 4.39 Å². The van der Waals surface area contributed by atoms with E-state index in [1.165, 1.54) is 12.1 Å². The second-order valence-electron chi connectivity index (χ2n) is 4.43. The molecule has 0 radical (unpaired) electrons. The molecule has 0 unspecified atom stereocenters. The van der Waals surface area contributed by atoms with Gasteiger partial charge in [-0.1, -0.05) is 25.4 Å². The minimum Gasteiger partial charge on any atom is -0.233 e. The summed E-state index contributed by atoms with van der Waals surface area (Å²) in [6.07, 6.45) is 0. The second kappa shape index (κ2) is 5.33. The molecule has 0 amide bonds. The van der Waals surface area contributed by atoms with E-state index in [0.717, 1.165) is 0 Å². The van der Waals surface area contributed by atoms with Gasteiger partial charge in [0.1, 0.15) is 16.8 Å². The molecule has 0 aliphatic carbocycles. The Morgan fingerprint density at radius 3 is 2.58 bits per heavy atom. The van der Waals surface area contributed by atoms with Crippen LogP contribution in [0.2, 0.25) is 5.15 Å². The van der Waals surface area contributed by atoms with E-state index in [-0.39, 0.29) is 11.5 Å². The lowest BCUT2D eigenvalue weighted by molar-refractivity contribution is 0.627. The van der Waals surface area contributed by atoms with E-state index in [1.807, 2.05) is 19.9 Å². The highest BCUT2D eigenvalue weighted by Gasteiger charge is 2.10. The molecule has 96 valence electrons. The predicted octanol–water partition coefficient (Wildman–Crippen LogP) is 3.93. The molecular weight excluding hydrogens is 265 g/mol. The van der Waals surface area contributed by atoms with Gasteiger partial charge < -0.3 is 0 Å². The second-order valence-corrected chi connectivity index (χ2v) is 4.82. The largest absolute Gasteiger partial charge is 0.233 e. The molecule has 0 atom stereocenters. The van der Waals surface area contributed by atoms with Crippen molar-refractivity contribution in [2.75, 3.05) is 0 Å². The average Bonchev–Trinajstić information content (AvgIpc) is 2.37. The monoisotopic (exact) mass is 275 g/mol. The molecule has 0 aliphatic rings. The summed E-state index contributed by atoms with van der Waals surface area (Å²) in [6.45, 7) is 3.89. The summed E-state index contributed by atoms with van der Waals surface area (Å²) in [6, 6.07) is 7.55. The van der Waals surface area contributed by atoms with Crippen LogP contribution >= 0.6 is 11.6 Å². The fraction of sp³-hybridized carbons (Fsp3) is 0.214. The first-order valence-corrected chi connectivity index (χ1v) is 6.13. The van der Waals surface area contributed by atoms with E-state index < -0.39 is 5.82 Å². The van der Waals surface area contributed by atoms with Crippen molar-refractivity contribution in [3.05, 3.63) is 46.6 Å². The minimum absolute atomic E-state index is 0.112. The molecule has 2 aromatic rings. The molecule has 1 aromatic carbocycles. The Labute approximate surface area is 115 Å². The Morgan fingerprint density at radius 1 is 1.21 bits per heavy atom. The third kappa shape index (κ3) is 3.07. The molecule has 1 heterocycles. The molecule has 0 saturated heterocycles. The summed E-state index contributed by atoms with van der Waals surface area (Å²) in [4.78, 5) is 8.47. The van der Waals surface area contributed by atoms with Crippen LogP contribution in [0, 0.1) is 17.1 Å². The van der Waals surface area contributed by atoms with Gasteiger partial charge in [0.25, 0.3) is 0 Å². The van der Waals surface area contributed by atoms with Gasteiger partial charge >= 0.3 is 0 Å². The molecule has 0 N–H and O–H groups in total. The van der Waals surface area contributed by atoms with Crippen LogP contribution in [0.25, 0.3) is 11.3 Å². The first-order chi connectivity index (χ1) is 8.99. The van der Waals surface area contributed by atoms with Crippen LogP contribution in [0.1, 0.15) is 31.2 Å². The number of halogens is 2. The Hall–Kier alpha value is -1.99. The zero-order valence-electron chi connectivity index (χ0n) is 10.5. The maximum absolute atomic E-state index is 13.4. The van der Waals surface area contributed by atoms with Crippen LogP contribution in [0.15, 0.2) is 24.3 Å². The van der Waals surface area contributed by atoms with E-state index in [2.05, 4.69) is 9.97 Å². The number of benzene rings is 1. The predicted molar refractivity (Wildman–Crippen MR) is 71.2 cm³/mol. The van der Waals surface area contributed by atoms with Gasteiger partial charge in [-0.05, 0) is 18.2 Å². The van der Waals surface area contributed by atoms with Crippen molar-refractivity contribution in [2.45, 2.75) is 19.8 Å². The third-order valence-electron chi connectivity index (χ3n) is 2.55. The van der Waals surface area contributed by atoms with Gasteiger partial charge in [-0.25, -0.2) is 14.4 Å². The molecule has 0 spiro atoms. The number of nitrogens with zero attached hydrogens (tertiary/aromatic N) is 3. The molecule has 0 fully saturated rings. The van der Waals surface area contributed by atoms with Gasteiger partial charge in [-0.15, -0.1) is 0 Å². The molecule has 19 heavy (non-hydrogen) atoms. The lowest BCUT2D eigenvalue weighted by Crippen LogP contribution is -1.99. The lowest BCUT2D eigenvalue weighted by atomic mass is 10.1. The molecular formula is C14H11ClFN3. The first kappa shape index (κ1) is 13.4. The summed E-state index contributed by atoms with van der Waals surface area (Å²) >= 11 is 5.95. The standard InChI is InChI=1S/C14H11ClFN3/c1-8(2)14-18-12(6-13(15)19-14)10-3-9(7-17)4-11(16)5-10/h3-6,8H,1-2H3. The van der Waals surface area contributed by atoms with Gasteiger partial charge in [0.2, 0.25) is 0 Å². The molecule has 1 aromatic heterocycles. The SMILES string of the molecule is CC(C)c1nc(Cl)cc(-c2cc(F)cc(C#N)c2)n1. The van der Waals surface area contributed by atoms with Crippen LogP contribution < -0.4 is 0 Å². The van der Waals surface area contributed by atoms with Crippen LogP contribution in [-0.2, 0) is 0 Å². The summed E-state index contributed by atoms with van der Waals surface area (Å²) in [5.74, 6) is 0.224. The van der Waals surface area contributed by atoms with Crippen LogP contribution in [0.4, 0.5) is 4.39 Å². The van der Waals surface area contributed by atoms with E-state index >= 15 is 0 Å². The van der Waals surface area contributed by atoms with Crippen molar-refractivity contribution in [3.8, 4) is 17.3 Å². The average molecular weight is 276 g/mol. The highest BCUT2D eigenvalue weighted by molar-refractivity contribution is 6.29. The molecule has 5 heteroatoms. The van der Waals surface area contributed by atoms with Crippen molar-refractivity contribution in [2.24, 2.45) is 0 Å². The van der Waals surface area contributed by atoms with Gasteiger partial charge in [-0.3, -0.25) is 0 Å². The van der Waals surface area contributed by atoms with Crippen molar-refractivity contribution in [1.82, 2.24) is 9.97 Å². The highest BCUT2D eigenvalue weighted by Crippen LogP contribution is 2.24. The van der Waals surface area contributed by atoms with Crippen molar-refractivity contribution >= 4 is 11.6 Å². The molecule has 3 nitrogen and oxygen atoms in total. The Bertz CT molecular complexity index is 662. The summed E-state index contributed by atoms with van der Waals surface area (Å²) in [5, 5.41) is 9.16. The topological polar surface area (TPSA) is 49.6 Å². The van der Waals surface area contributed by atoms with Crippen molar-refractivity contribution < 1.29 is 4.39 Å². The van der Waals surface area contributed by atoms with E-state index in [0.29, 0.717) is 22.2 Å². The van der Waals surface area contributed by atoms with Crippen LogP contribution in [-0.4, -0.2) is 9.97 Å². The van der Waals surface area contributed by atoms with Crippen molar-refractivity contribution in [3.63, 3.8) is 0 Å². The quantitative estimate of drug-likeness (QED) is 0.780. The minimum atomic E-state index is -0.477. The lowest BCUT2D eigenvalue weighted by Gasteiger charge is -2.08. The smallest absolute Gasteiger partial charge is 0.133 e. The fourth-order valence-corrected chi connectivity index (χ4v) is 1.83. The third-order valence-corrected chi connectivity index (χ3v) is 2.74. The van der Waals surface area contributed by atoms with Gasteiger partial charge in [-0.2, -0.15) is 5.26 Å². The molecule has 0 bridgehead atoms. The maximum Gasteiger partial charge on any atom is 0.133 e. The van der Waals surface area contributed by atoms with E-state index in [4.69, 9.17) is 16.9 Å². The number of aromatic nitrogens is 2. The van der Waals surface area contributed by atoms with Gasteiger partial charge in [0.05, 0.1) is 17.3 Å². The number of hydrogen-bond donors (Lipinski definition) is 0. The fourth-order valence-electron chi connectivity index (χ4n) is 1.64. The molecule has 2 rings (SSSR count). The van der Waals surface area contributed by atoms with Crippen LogP contribution in [0.5, 0.6) is 0 Å². The summed E-state index contributed by atoms with van der Waals surface area (Å²) in [7, 11) is 0. The Kier molecular flexibility index (Phi) is 3.77. The van der Waals surface area contributed by atoms with E-state index in [1.54, 1.807) is 12.1 Å². The maximum atomic E-state index is 13.4. The summed E-state index contributed by atoms with van der Waals surface area (Å²) in [5.41, 5.74) is 1.28. The van der Waals surface area contributed by atoms with Gasteiger partial charge in [0, 0.05) is 17.5 Å². The van der Waals surface area contributed by atoms with Crippen molar-refractivity contribution in [1.29, 1.82) is 5.26 Å².